The van der Waals surface area contributed by atoms with Crippen molar-refractivity contribution in [3.05, 3.63) is 53.6 Å². The van der Waals surface area contributed by atoms with Crippen molar-refractivity contribution in [2.75, 3.05) is 25.2 Å². The molecule has 0 radical (unpaired) electrons. The lowest BCUT2D eigenvalue weighted by atomic mass is 10.1. The highest BCUT2D eigenvalue weighted by atomic mass is 32.2. The number of carbonyl (C=O) groups is 1. The van der Waals surface area contributed by atoms with E-state index in [0.29, 0.717) is 18.7 Å². The lowest BCUT2D eigenvalue weighted by Gasteiger charge is -2.20. The third-order valence-electron chi connectivity index (χ3n) is 4.43. The summed E-state index contributed by atoms with van der Waals surface area (Å²) >= 11 is 3.46. The molecule has 5 nitrogen and oxygen atoms in total. The molecule has 2 aromatic carbocycles. The number of aromatic hydroxyl groups is 2. The number of hydrogen-bond acceptors (Lipinski definition) is 6. The zero-order valence-corrected chi connectivity index (χ0v) is 18.7. The van der Waals surface area contributed by atoms with Gasteiger partial charge in [0.1, 0.15) is 5.75 Å². The molecule has 0 spiro atoms. The smallest absolute Gasteiger partial charge is 0.221 e. The Morgan fingerprint density at radius 2 is 1.62 bits per heavy atom. The van der Waals surface area contributed by atoms with Crippen LogP contribution in [0.15, 0.2) is 42.5 Å². The van der Waals surface area contributed by atoms with Crippen molar-refractivity contribution in [1.29, 1.82) is 0 Å². The van der Waals surface area contributed by atoms with Crippen molar-refractivity contribution in [1.82, 2.24) is 5.32 Å². The number of amides is 1. The second kappa shape index (κ2) is 11.9. The fourth-order valence-corrected chi connectivity index (χ4v) is 4.94. The Labute approximate surface area is 181 Å². The minimum Gasteiger partial charge on any atom is -0.508 e. The molecular formula is C22H29NO4S2. The number of rotatable bonds is 11. The fraction of sp³-hybridized carbons (Fsp3) is 0.409. The van der Waals surface area contributed by atoms with Crippen LogP contribution in [-0.2, 0) is 4.79 Å². The number of ether oxygens (including phenoxy) is 1. The maximum atomic E-state index is 12.7. The zero-order valence-electron chi connectivity index (χ0n) is 17.1. The van der Waals surface area contributed by atoms with Crippen molar-refractivity contribution in [3.8, 4) is 17.2 Å². The highest BCUT2D eigenvalue weighted by Gasteiger charge is 2.19. The molecule has 2 atom stereocenters. The van der Waals surface area contributed by atoms with Gasteiger partial charge in [-0.15, -0.1) is 0 Å². The van der Waals surface area contributed by atoms with Gasteiger partial charge in [-0.2, -0.15) is 23.5 Å². The highest BCUT2D eigenvalue weighted by Crippen LogP contribution is 2.37. The monoisotopic (exact) mass is 435 g/mol. The quantitative estimate of drug-likeness (QED) is 0.466. The summed E-state index contributed by atoms with van der Waals surface area (Å²) in [5, 5.41) is 22.5. The van der Waals surface area contributed by atoms with Gasteiger partial charge in [0.2, 0.25) is 5.91 Å². The minimum absolute atomic E-state index is 0.0107. The Hall–Kier alpha value is -1.99. The predicted molar refractivity (Wildman–Crippen MR) is 122 cm³/mol. The highest BCUT2D eigenvalue weighted by molar-refractivity contribution is 7.99. The molecule has 2 aromatic rings. The van der Waals surface area contributed by atoms with Gasteiger partial charge in [-0.25, -0.2) is 0 Å². The van der Waals surface area contributed by atoms with E-state index in [1.54, 1.807) is 47.8 Å². The van der Waals surface area contributed by atoms with E-state index in [1.165, 1.54) is 7.11 Å². The van der Waals surface area contributed by atoms with E-state index in [-0.39, 0.29) is 27.9 Å². The normalized spacial score (nSPS) is 12.9. The Bertz CT molecular complexity index is 783. The van der Waals surface area contributed by atoms with Gasteiger partial charge in [-0.3, -0.25) is 4.79 Å². The van der Waals surface area contributed by atoms with E-state index in [2.05, 4.69) is 19.2 Å². The molecule has 3 N–H and O–H groups in total. The van der Waals surface area contributed by atoms with Crippen LogP contribution in [0.25, 0.3) is 0 Å². The number of phenolic OH excluding ortho intramolecular Hbond substituents is 2. The van der Waals surface area contributed by atoms with Gasteiger partial charge in [0.05, 0.1) is 7.11 Å². The summed E-state index contributed by atoms with van der Waals surface area (Å²) in [6.07, 6.45) is 0.353. The van der Waals surface area contributed by atoms with Gasteiger partial charge >= 0.3 is 0 Å². The Morgan fingerprint density at radius 1 is 1.00 bits per heavy atom. The first-order valence-electron chi connectivity index (χ1n) is 9.64. The van der Waals surface area contributed by atoms with Crippen LogP contribution in [0.2, 0.25) is 0 Å². The second-order valence-corrected chi connectivity index (χ2v) is 9.38. The summed E-state index contributed by atoms with van der Waals surface area (Å²) in [5.41, 5.74) is 2.04. The van der Waals surface area contributed by atoms with Crippen LogP contribution >= 0.6 is 23.5 Å². The molecule has 0 aliphatic rings. The number of benzene rings is 2. The SMILES string of the molecule is CCSC(CNC(=O)CC(SCC)c1ccc(O)c(OC)c1)c1ccc(O)cc1. The largest absolute Gasteiger partial charge is 0.508 e. The Morgan fingerprint density at radius 3 is 2.24 bits per heavy atom. The van der Waals surface area contributed by atoms with E-state index < -0.39 is 0 Å². The molecular weight excluding hydrogens is 406 g/mol. The molecule has 0 fully saturated rings. The van der Waals surface area contributed by atoms with Crippen molar-refractivity contribution in [2.24, 2.45) is 0 Å². The van der Waals surface area contributed by atoms with Crippen LogP contribution in [-0.4, -0.2) is 41.3 Å². The summed E-state index contributed by atoms with van der Waals surface area (Å²) < 4.78 is 5.20. The molecule has 158 valence electrons. The van der Waals surface area contributed by atoms with Crippen LogP contribution < -0.4 is 10.1 Å². The number of carbonyl (C=O) groups excluding carboxylic acids is 1. The Kier molecular flexibility index (Phi) is 9.54. The number of methoxy groups -OCH3 is 1. The molecule has 0 aliphatic heterocycles. The summed E-state index contributed by atoms with van der Waals surface area (Å²) in [5.74, 6) is 2.54. The van der Waals surface area contributed by atoms with Crippen molar-refractivity contribution in [3.63, 3.8) is 0 Å². The maximum absolute atomic E-state index is 12.7. The molecule has 1 amide bonds. The van der Waals surface area contributed by atoms with E-state index in [4.69, 9.17) is 4.74 Å². The van der Waals surface area contributed by atoms with Crippen LogP contribution in [0.5, 0.6) is 17.2 Å². The molecule has 7 heteroatoms. The third-order valence-corrected chi connectivity index (χ3v) is 6.78. The van der Waals surface area contributed by atoms with Crippen molar-refractivity contribution in [2.45, 2.75) is 30.8 Å². The fourth-order valence-electron chi connectivity index (χ4n) is 2.98. The number of phenols is 2. The Balaban J connectivity index is 2.02. The first-order chi connectivity index (χ1) is 14.0. The molecule has 0 aromatic heterocycles. The lowest BCUT2D eigenvalue weighted by molar-refractivity contribution is -0.121. The van der Waals surface area contributed by atoms with Gasteiger partial charge < -0.3 is 20.3 Å². The third kappa shape index (κ3) is 7.08. The van der Waals surface area contributed by atoms with Crippen LogP contribution in [0.4, 0.5) is 0 Å². The van der Waals surface area contributed by atoms with Crippen LogP contribution in [0, 0.1) is 0 Å². The molecule has 0 bridgehead atoms. The lowest BCUT2D eigenvalue weighted by Crippen LogP contribution is -2.28. The van der Waals surface area contributed by atoms with Crippen molar-refractivity contribution >= 4 is 29.4 Å². The van der Waals surface area contributed by atoms with Crippen LogP contribution in [0.1, 0.15) is 41.9 Å². The van der Waals surface area contributed by atoms with E-state index >= 15 is 0 Å². The number of nitrogens with one attached hydrogen (secondary N) is 1. The summed E-state index contributed by atoms with van der Waals surface area (Å²) in [4.78, 5) is 12.7. The van der Waals surface area contributed by atoms with Gasteiger partial charge in [0.25, 0.3) is 0 Å². The molecule has 0 saturated carbocycles. The van der Waals surface area contributed by atoms with Gasteiger partial charge in [0.15, 0.2) is 11.5 Å². The maximum Gasteiger partial charge on any atom is 0.221 e. The molecule has 2 unspecified atom stereocenters. The average Bonchev–Trinajstić information content (AvgIpc) is 2.72. The number of thioether (sulfide) groups is 2. The van der Waals surface area contributed by atoms with E-state index in [0.717, 1.165) is 22.6 Å². The van der Waals surface area contributed by atoms with Crippen molar-refractivity contribution < 1.29 is 19.7 Å². The standard InChI is InChI=1S/C22H29NO4S2/c1-4-28-20(16-8-11-18(25)19(12-16)27-3)13-22(26)23-14-21(29-5-2)15-6-9-17(24)10-7-15/h6-12,20-21,24-25H,4-5,13-14H2,1-3H3,(H,23,26). The molecule has 0 heterocycles. The minimum atomic E-state index is -0.0135. The second-order valence-electron chi connectivity index (χ2n) is 6.42. The van der Waals surface area contributed by atoms with E-state index in [9.17, 15) is 15.0 Å². The summed E-state index contributed by atoms with van der Waals surface area (Å²) in [6, 6.07) is 12.4. The molecule has 0 aliphatic carbocycles. The first-order valence-corrected chi connectivity index (χ1v) is 11.7. The van der Waals surface area contributed by atoms with E-state index in [1.807, 2.05) is 18.2 Å². The first kappa shape index (κ1) is 23.3. The average molecular weight is 436 g/mol. The van der Waals surface area contributed by atoms with Crippen LogP contribution in [0.3, 0.4) is 0 Å². The zero-order chi connectivity index (χ0) is 21.2. The molecule has 0 saturated heterocycles. The topological polar surface area (TPSA) is 78.8 Å². The van der Waals surface area contributed by atoms with Gasteiger partial charge in [0, 0.05) is 23.5 Å². The summed E-state index contributed by atoms with van der Waals surface area (Å²) in [6.45, 7) is 4.68. The molecule has 2 rings (SSSR count). The molecule has 29 heavy (non-hydrogen) atoms. The predicted octanol–water partition coefficient (Wildman–Crippen LogP) is 4.90. The number of hydrogen-bond donors (Lipinski definition) is 3. The van der Waals surface area contributed by atoms with Gasteiger partial charge in [-0.05, 0) is 46.9 Å². The van der Waals surface area contributed by atoms with Gasteiger partial charge in [-0.1, -0.05) is 32.0 Å². The summed E-state index contributed by atoms with van der Waals surface area (Å²) in [7, 11) is 1.52.